The summed E-state index contributed by atoms with van der Waals surface area (Å²) < 4.78 is 10.2. The second-order valence-corrected chi connectivity index (χ2v) is 6.26. The summed E-state index contributed by atoms with van der Waals surface area (Å²) >= 11 is 0. The Labute approximate surface area is 131 Å². The lowest BCUT2D eigenvalue weighted by molar-refractivity contribution is -0.141. The minimum absolute atomic E-state index is 0.162. The normalized spacial score (nSPS) is 29.2. The van der Waals surface area contributed by atoms with E-state index >= 15 is 0 Å². The highest BCUT2D eigenvalue weighted by Crippen LogP contribution is 2.43. The Bertz CT molecular complexity index is 519. The highest BCUT2D eigenvalue weighted by atomic mass is 16.6. The fourth-order valence-electron chi connectivity index (χ4n) is 3.55. The van der Waals surface area contributed by atoms with Gasteiger partial charge in [0.05, 0.1) is 18.6 Å². The molecule has 4 atom stereocenters. The molecule has 1 heterocycles. The van der Waals surface area contributed by atoms with Gasteiger partial charge in [-0.2, -0.15) is 0 Å². The Hall–Kier alpha value is -1.62. The van der Waals surface area contributed by atoms with Crippen molar-refractivity contribution in [3.63, 3.8) is 0 Å². The number of aliphatic hydroxyl groups is 1. The first-order valence-electron chi connectivity index (χ1n) is 7.73. The second-order valence-electron chi connectivity index (χ2n) is 6.26. The van der Waals surface area contributed by atoms with E-state index in [1.54, 1.807) is 0 Å². The molecule has 0 aromatic heterocycles. The van der Waals surface area contributed by atoms with Gasteiger partial charge >= 0.3 is 11.9 Å². The van der Waals surface area contributed by atoms with E-state index in [9.17, 15) is 14.7 Å². The van der Waals surface area contributed by atoms with Crippen molar-refractivity contribution in [3.8, 4) is 0 Å². The van der Waals surface area contributed by atoms with Gasteiger partial charge in [-0.05, 0) is 31.3 Å². The summed E-state index contributed by atoms with van der Waals surface area (Å²) in [7, 11) is 0. The van der Waals surface area contributed by atoms with E-state index in [1.807, 2.05) is 6.92 Å². The highest BCUT2D eigenvalue weighted by molar-refractivity contribution is 5.91. The molecule has 22 heavy (non-hydrogen) atoms. The van der Waals surface area contributed by atoms with Crippen molar-refractivity contribution in [2.24, 2.45) is 11.8 Å². The standard InChI is InChI=1S/C17H24O5/c1-9(6-5-7-21-12(4)18)14-10(2)8-13-15(16(14)19)11(3)17(20)22-13/h9,13,15-16,19H,3,5-8H2,1-2,4H3/t9?,13-,15-,16-/m0/s1. The minimum atomic E-state index is -0.721. The lowest BCUT2D eigenvalue weighted by Crippen LogP contribution is -2.37. The zero-order chi connectivity index (χ0) is 16.4. The van der Waals surface area contributed by atoms with Gasteiger partial charge < -0.3 is 14.6 Å². The lowest BCUT2D eigenvalue weighted by Gasteiger charge is -2.35. The molecule has 5 nitrogen and oxygen atoms in total. The molecule has 1 aliphatic heterocycles. The topological polar surface area (TPSA) is 72.8 Å². The van der Waals surface area contributed by atoms with Crippen LogP contribution in [0.25, 0.3) is 0 Å². The third-order valence-corrected chi connectivity index (χ3v) is 4.60. The van der Waals surface area contributed by atoms with Gasteiger partial charge in [-0.1, -0.05) is 19.1 Å². The molecule has 2 aliphatic rings. The van der Waals surface area contributed by atoms with Gasteiger partial charge in [-0.25, -0.2) is 4.79 Å². The SMILES string of the molecule is C=C1C(=O)O[C@H]2CC(C)=C(C(C)CCCOC(C)=O)[C@H](O)[C@@H]12. The molecular weight excluding hydrogens is 284 g/mol. The van der Waals surface area contributed by atoms with Gasteiger partial charge in [0.25, 0.3) is 0 Å². The largest absolute Gasteiger partial charge is 0.466 e. The van der Waals surface area contributed by atoms with Gasteiger partial charge in [0.1, 0.15) is 6.10 Å². The second kappa shape index (κ2) is 6.65. The number of esters is 2. The number of fused-ring (bicyclic) bond motifs is 1. The Morgan fingerprint density at radius 2 is 2.23 bits per heavy atom. The Kier molecular flexibility index (Phi) is 5.06. The maximum absolute atomic E-state index is 11.6. The fourth-order valence-corrected chi connectivity index (χ4v) is 3.55. The van der Waals surface area contributed by atoms with Gasteiger partial charge in [0, 0.05) is 18.9 Å². The van der Waals surface area contributed by atoms with Crippen LogP contribution in [0.15, 0.2) is 23.3 Å². The fraction of sp³-hybridized carbons (Fsp3) is 0.647. The van der Waals surface area contributed by atoms with Gasteiger partial charge in [0.2, 0.25) is 0 Å². The molecule has 0 amide bonds. The van der Waals surface area contributed by atoms with Gasteiger partial charge in [0.15, 0.2) is 0 Å². The van der Waals surface area contributed by atoms with Crippen LogP contribution in [0.4, 0.5) is 0 Å². The van der Waals surface area contributed by atoms with Crippen molar-refractivity contribution in [2.75, 3.05) is 6.61 Å². The maximum atomic E-state index is 11.6. The van der Waals surface area contributed by atoms with Crippen molar-refractivity contribution < 1.29 is 24.2 Å². The number of hydrogen-bond donors (Lipinski definition) is 1. The number of rotatable bonds is 5. The van der Waals surface area contributed by atoms with Crippen LogP contribution in [-0.2, 0) is 19.1 Å². The molecule has 5 heteroatoms. The van der Waals surface area contributed by atoms with E-state index < -0.39 is 12.1 Å². The van der Waals surface area contributed by atoms with E-state index in [0.29, 0.717) is 18.6 Å². The van der Waals surface area contributed by atoms with E-state index in [0.717, 1.165) is 24.0 Å². The molecule has 1 aliphatic carbocycles. The van der Waals surface area contributed by atoms with Crippen LogP contribution in [0.1, 0.15) is 40.0 Å². The monoisotopic (exact) mass is 308 g/mol. The van der Waals surface area contributed by atoms with Crippen LogP contribution < -0.4 is 0 Å². The van der Waals surface area contributed by atoms with Gasteiger partial charge in [-0.15, -0.1) is 0 Å². The van der Waals surface area contributed by atoms with E-state index in [2.05, 4.69) is 13.5 Å². The van der Waals surface area contributed by atoms with Crippen molar-refractivity contribution in [2.45, 2.75) is 52.2 Å². The molecule has 0 saturated carbocycles. The third-order valence-electron chi connectivity index (χ3n) is 4.60. The molecule has 0 radical (unpaired) electrons. The van der Waals surface area contributed by atoms with Crippen LogP contribution in [-0.4, -0.2) is 35.9 Å². The molecule has 1 fully saturated rings. The molecule has 1 unspecified atom stereocenters. The summed E-state index contributed by atoms with van der Waals surface area (Å²) in [5, 5.41) is 10.7. The van der Waals surface area contributed by atoms with E-state index in [4.69, 9.17) is 9.47 Å². The first-order chi connectivity index (χ1) is 10.3. The quantitative estimate of drug-likeness (QED) is 0.364. The zero-order valence-corrected chi connectivity index (χ0v) is 13.4. The number of ether oxygens (including phenoxy) is 2. The predicted octanol–water partition coefficient (Wildman–Crippen LogP) is 2.14. The number of carbonyl (C=O) groups is 2. The predicted molar refractivity (Wildman–Crippen MR) is 80.9 cm³/mol. The Morgan fingerprint density at radius 3 is 2.86 bits per heavy atom. The minimum Gasteiger partial charge on any atom is -0.466 e. The highest BCUT2D eigenvalue weighted by Gasteiger charge is 2.47. The van der Waals surface area contributed by atoms with Crippen LogP contribution in [0.5, 0.6) is 0 Å². The summed E-state index contributed by atoms with van der Waals surface area (Å²) in [6, 6.07) is 0. The smallest absolute Gasteiger partial charge is 0.334 e. The average molecular weight is 308 g/mol. The first kappa shape index (κ1) is 16.7. The summed E-state index contributed by atoms with van der Waals surface area (Å²) in [6.07, 6.45) is 1.20. The summed E-state index contributed by atoms with van der Waals surface area (Å²) in [5.74, 6) is -0.843. The number of aliphatic hydroxyl groups excluding tert-OH is 1. The zero-order valence-electron chi connectivity index (χ0n) is 13.4. The molecule has 1 saturated heterocycles. The average Bonchev–Trinajstić information content (AvgIpc) is 2.69. The molecule has 122 valence electrons. The van der Waals surface area contributed by atoms with Crippen molar-refractivity contribution in [1.82, 2.24) is 0 Å². The first-order valence-corrected chi connectivity index (χ1v) is 7.73. The molecule has 0 spiro atoms. The van der Waals surface area contributed by atoms with Gasteiger partial charge in [-0.3, -0.25) is 4.79 Å². The molecule has 0 aromatic carbocycles. The summed E-state index contributed by atoms with van der Waals surface area (Å²) in [6.45, 7) is 9.58. The van der Waals surface area contributed by atoms with Crippen LogP contribution in [0, 0.1) is 11.8 Å². The third kappa shape index (κ3) is 3.24. The Morgan fingerprint density at radius 1 is 1.55 bits per heavy atom. The Balaban J connectivity index is 2.03. The van der Waals surface area contributed by atoms with E-state index in [1.165, 1.54) is 6.92 Å². The van der Waals surface area contributed by atoms with E-state index in [-0.39, 0.29) is 23.9 Å². The van der Waals surface area contributed by atoms with Crippen molar-refractivity contribution in [3.05, 3.63) is 23.3 Å². The molecule has 1 N–H and O–H groups in total. The molecule has 0 aromatic rings. The molecule has 2 rings (SSSR count). The summed E-state index contributed by atoms with van der Waals surface area (Å²) in [4.78, 5) is 22.4. The van der Waals surface area contributed by atoms with Crippen molar-refractivity contribution >= 4 is 11.9 Å². The maximum Gasteiger partial charge on any atom is 0.334 e. The summed E-state index contributed by atoms with van der Waals surface area (Å²) in [5.41, 5.74) is 2.43. The lowest BCUT2D eigenvalue weighted by atomic mass is 9.73. The van der Waals surface area contributed by atoms with Crippen LogP contribution >= 0.6 is 0 Å². The molecule has 0 bridgehead atoms. The molecular formula is C17H24O5. The number of carbonyl (C=O) groups excluding carboxylic acids is 2. The van der Waals surface area contributed by atoms with Crippen LogP contribution in [0.2, 0.25) is 0 Å². The number of hydrogen-bond acceptors (Lipinski definition) is 5. The van der Waals surface area contributed by atoms with Crippen molar-refractivity contribution in [1.29, 1.82) is 0 Å². The van der Waals surface area contributed by atoms with Crippen LogP contribution in [0.3, 0.4) is 0 Å².